The first-order chi connectivity index (χ1) is 13.6. The number of para-hydroxylation sites is 1. The highest BCUT2D eigenvalue weighted by molar-refractivity contribution is 6.08. The van der Waals surface area contributed by atoms with Gasteiger partial charge in [-0.15, -0.1) is 0 Å². The van der Waals surface area contributed by atoms with E-state index in [9.17, 15) is 26.7 Å². The molecule has 0 aliphatic carbocycles. The molecular weight excluding hydrogens is 395 g/mol. The van der Waals surface area contributed by atoms with E-state index in [1.54, 1.807) is 12.1 Å². The summed E-state index contributed by atoms with van der Waals surface area (Å²) in [4.78, 5) is 12.6. The number of carbonyl (C=O) groups is 1. The smallest absolute Gasteiger partial charge is 0.355 e. The van der Waals surface area contributed by atoms with Gasteiger partial charge in [0.2, 0.25) is 0 Å². The maximum absolute atomic E-state index is 12.9. The quantitative estimate of drug-likeness (QED) is 0.556. The number of rotatable bonds is 5. The standard InChI is InChI=1S/C19H15F5N4O/c1-28-16(10-15(27-28)17(20)21)26-18(29)13-7-2-3-8-14(13)25-12-6-4-5-11(9-12)19(22,23)24/h2-10,17,25H,1H3,(H,26,29). The monoisotopic (exact) mass is 410 g/mol. The average molecular weight is 410 g/mol. The summed E-state index contributed by atoms with van der Waals surface area (Å²) < 4.78 is 65.3. The fraction of sp³-hybridized carbons (Fsp3) is 0.158. The van der Waals surface area contributed by atoms with Gasteiger partial charge in [-0.25, -0.2) is 8.78 Å². The van der Waals surface area contributed by atoms with Crippen molar-refractivity contribution in [3.05, 3.63) is 71.4 Å². The maximum Gasteiger partial charge on any atom is 0.416 e. The number of hydrogen-bond acceptors (Lipinski definition) is 3. The number of alkyl halides is 5. The molecule has 0 aliphatic heterocycles. The normalized spacial score (nSPS) is 11.6. The van der Waals surface area contributed by atoms with E-state index in [1.165, 1.54) is 31.3 Å². The summed E-state index contributed by atoms with van der Waals surface area (Å²) in [6, 6.07) is 11.7. The van der Waals surface area contributed by atoms with Crippen LogP contribution in [0.5, 0.6) is 0 Å². The number of nitrogens with one attached hydrogen (secondary N) is 2. The third-order valence-corrected chi connectivity index (χ3v) is 4.00. The number of carbonyl (C=O) groups excluding carboxylic acids is 1. The molecule has 2 aromatic carbocycles. The van der Waals surface area contributed by atoms with Crippen LogP contribution < -0.4 is 10.6 Å². The number of nitrogens with zero attached hydrogens (tertiary/aromatic N) is 2. The molecule has 0 radical (unpaired) electrons. The largest absolute Gasteiger partial charge is 0.416 e. The lowest BCUT2D eigenvalue weighted by molar-refractivity contribution is -0.137. The highest BCUT2D eigenvalue weighted by atomic mass is 19.4. The Balaban J connectivity index is 1.85. The van der Waals surface area contributed by atoms with Gasteiger partial charge >= 0.3 is 6.18 Å². The number of benzene rings is 2. The molecule has 1 heterocycles. The first-order valence-electron chi connectivity index (χ1n) is 8.32. The van der Waals surface area contributed by atoms with Crippen molar-refractivity contribution in [1.82, 2.24) is 9.78 Å². The van der Waals surface area contributed by atoms with Crippen molar-refractivity contribution in [3.63, 3.8) is 0 Å². The second-order valence-corrected chi connectivity index (χ2v) is 6.08. The lowest BCUT2D eigenvalue weighted by Gasteiger charge is -2.14. The van der Waals surface area contributed by atoms with E-state index in [0.29, 0.717) is 0 Å². The third kappa shape index (κ3) is 4.71. The van der Waals surface area contributed by atoms with Crippen molar-refractivity contribution in [1.29, 1.82) is 0 Å². The molecule has 3 aromatic rings. The van der Waals surface area contributed by atoms with Crippen molar-refractivity contribution >= 4 is 23.1 Å². The Morgan fingerprint density at radius 1 is 1.07 bits per heavy atom. The molecule has 0 bridgehead atoms. The second kappa shape index (κ2) is 7.90. The van der Waals surface area contributed by atoms with Gasteiger partial charge in [0.25, 0.3) is 12.3 Å². The van der Waals surface area contributed by atoms with Crippen LogP contribution in [0.4, 0.5) is 39.1 Å². The Bertz CT molecular complexity index is 1030. The molecule has 152 valence electrons. The number of aryl methyl sites for hydroxylation is 1. The van der Waals surface area contributed by atoms with Gasteiger partial charge in [-0.2, -0.15) is 18.3 Å². The third-order valence-electron chi connectivity index (χ3n) is 4.00. The van der Waals surface area contributed by atoms with Crippen molar-refractivity contribution in [2.45, 2.75) is 12.6 Å². The minimum atomic E-state index is -4.50. The van der Waals surface area contributed by atoms with Gasteiger partial charge in [0.15, 0.2) is 0 Å². The van der Waals surface area contributed by atoms with Crippen LogP contribution in [0, 0.1) is 0 Å². The number of amides is 1. The van der Waals surface area contributed by atoms with E-state index >= 15 is 0 Å². The molecule has 2 N–H and O–H groups in total. The Morgan fingerprint density at radius 3 is 2.45 bits per heavy atom. The van der Waals surface area contributed by atoms with E-state index in [2.05, 4.69) is 15.7 Å². The van der Waals surface area contributed by atoms with Crippen LogP contribution in [-0.2, 0) is 13.2 Å². The van der Waals surface area contributed by atoms with Gasteiger partial charge in [0.05, 0.1) is 16.8 Å². The van der Waals surface area contributed by atoms with Gasteiger partial charge < -0.3 is 10.6 Å². The van der Waals surface area contributed by atoms with Crippen molar-refractivity contribution < 1.29 is 26.7 Å². The zero-order chi connectivity index (χ0) is 21.2. The van der Waals surface area contributed by atoms with Crippen LogP contribution in [-0.4, -0.2) is 15.7 Å². The lowest BCUT2D eigenvalue weighted by Crippen LogP contribution is -2.16. The number of aromatic nitrogens is 2. The second-order valence-electron chi connectivity index (χ2n) is 6.08. The van der Waals surface area contributed by atoms with Crippen LogP contribution in [0.25, 0.3) is 0 Å². The van der Waals surface area contributed by atoms with Gasteiger partial charge in [-0.1, -0.05) is 18.2 Å². The highest BCUT2D eigenvalue weighted by Crippen LogP contribution is 2.32. The zero-order valence-corrected chi connectivity index (χ0v) is 15.0. The molecule has 0 saturated heterocycles. The summed E-state index contributed by atoms with van der Waals surface area (Å²) in [7, 11) is 1.40. The molecule has 0 aliphatic rings. The molecular formula is C19H15F5N4O. The van der Waals surface area contributed by atoms with Crippen LogP contribution >= 0.6 is 0 Å². The molecule has 1 aromatic heterocycles. The molecule has 0 atom stereocenters. The predicted octanol–water partition coefficient (Wildman–Crippen LogP) is 5.37. The zero-order valence-electron chi connectivity index (χ0n) is 15.0. The number of halogens is 5. The van der Waals surface area contributed by atoms with Crippen LogP contribution in [0.2, 0.25) is 0 Å². The summed E-state index contributed by atoms with van der Waals surface area (Å²) in [6.07, 6.45) is -7.29. The summed E-state index contributed by atoms with van der Waals surface area (Å²) in [5.41, 5.74) is -0.817. The minimum absolute atomic E-state index is 0.0548. The van der Waals surface area contributed by atoms with E-state index in [4.69, 9.17) is 0 Å². The van der Waals surface area contributed by atoms with Crippen molar-refractivity contribution in [3.8, 4) is 0 Å². The summed E-state index contributed by atoms with van der Waals surface area (Å²) >= 11 is 0. The molecule has 0 saturated carbocycles. The highest BCUT2D eigenvalue weighted by Gasteiger charge is 2.30. The Morgan fingerprint density at radius 2 is 1.79 bits per heavy atom. The molecule has 10 heteroatoms. The van der Waals surface area contributed by atoms with Crippen LogP contribution in [0.15, 0.2) is 54.6 Å². The molecule has 3 rings (SSSR count). The van der Waals surface area contributed by atoms with Gasteiger partial charge in [-0.3, -0.25) is 9.48 Å². The molecule has 1 amide bonds. The van der Waals surface area contributed by atoms with Crippen LogP contribution in [0.1, 0.15) is 28.0 Å². The van der Waals surface area contributed by atoms with Gasteiger partial charge in [0, 0.05) is 18.8 Å². The molecule has 0 spiro atoms. The number of hydrogen-bond donors (Lipinski definition) is 2. The summed E-state index contributed by atoms with van der Waals surface area (Å²) in [5.74, 6) is -0.580. The fourth-order valence-electron chi connectivity index (χ4n) is 2.62. The SMILES string of the molecule is Cn1nc(C(F)F)cc1NC(=O)c1ccccc1Nc1cccc(C(F)(F)F)c1. The van der Waals surface area contributed by atoms with Gasteiger partial charge in [0.1, 0.15) is 11.5 Å². The average Bonchev–Trinajstić information content (AvgIpc) is 3.02. The number of anilines is 3. The summed E-state index contributed by atoms with van der Waals surface area (Å²) in [5, 5.41) is 8.87. The lowest BCUT2D eigenvalue weighted by atomic mass is 10.1. The van der Waals surface area contributed by atoms with Crippen LogP contribution in [0.3, 0.4) is 0 Å². The van der Waals surface area contributed by atoms with E-state index in [-0.39, 0.29) is 22.8 Å². The van der Waals surface area contributed by atoms with Crippen molar-refractivity contribution in [2.75, 3.05) is 10.6 Å². The molecule has 29 heavy (non-hydrogen) atoms. The first-order valence-corrected chi connectivity index (χ1v) is 8.32. The topological polar surface area (TPSA) is 59.0 Å². The first kappa shape index (κ1) is 20.3. The van der Waals surface area contributed by atoms with Gasteiger partial charge in [-0.05, 0) is 30.3 Å². The predicted molar refractivity (Wildman–Crippen MR) is 97.3 cm³/mol. The van der Waals surface area contributed by atoms with E-state index < -0.39 is 29.8 Å². The minimum Gasteiger partial charge on any atom is -0.355 e. The van der Waals surface area contributed by atoms with E-state index in [0.717, 1.165) is 22.9 Å². The molecule has 5 nitrogen and oxygen atoms in total. The Hall–Kier alpha value is -3.43. The summed E-state index contributed by atoms with van der Waals surface area (Å²) in [6.45, 7) is 0. The Labute approximate surface area is 162 Å². The Kier molecular flexibility index (Phi) is 5.53. The maximum atomic E-state index is 12.9. The molecule has 0 fully saturated rings. The van der Waals surface area contributed by atoms with Crippen molar-refractivity contribution in [2.24, 2.45) is 7.05 Å². The fourth-order valence-corrected chi connectivity index (χ4v) is 2.62. The molecule has 0 unspecified atom stereocenters. The van der Waals surface area contributed by atoms with E-state index in [1.807, 2.05) is 0 Å².